The Morgan fingerprint density at radius 1 is 1.53 bits per heavy atom. The molecule has 1 rings (SSSR count). The number of aromatic nitrogens is 1. The molecule has 0 aliphatic carbocycles. The third-order valence-electron chi connectivity index (χ3n) is 2.41. The maximum absolute atomic E-state index is 11.7. The SMILES string of the molecule is CCCCc1cc(C(=O)NCCN(C)C)no1. The second kappa shape index (κ2) is 7.06. The van der Waals surface area contributed by atoms with Crippen LogP contribution in [0.2, 0.25) is 0 Å². The Morgan fingerprint density at radius 2 is 2.29 bits per heavy atom. The summed E-state index contributed by atoms with van der Waals surface area (Å²) in [6, 6.07) is 1.72. The molecule has 0 aliphatic rings. The molecule has 1 amide bonds. The topological polar surface area (TPSA) is 58.4 Å². The summed E-state index contributed by atoms with van der Waals surface area (Å²) < 4.78 is 5.09. The van der Waals surface area contributed by atoms with Crippen molar-refractivity contribution in [2.45, 2.75) is 26.2 Å². The van der Waals surface area contributed by atoms with Crippen LogP contribution in [0.15, 0.2) is 10.6 Å². The van der Waals surface area contributed by atoms with Gasteiger partial charge in [0.05, 0.1) is 0 Å². The second-order valence-electron chi connectivity index (χ2n) is 4.34. The van der Waals surface area contributed by atoms with Crippen molar-refractivity contribution in [2.75, 3.05) is 27.2 Å². The molecule has 0 aromatic carbocycles. The summed E-state index contributed by atoms with van der Waals surface area (Å²) >= 11 is 0. The number of hydrogen-bond donors (Lipinski definition) is 1. The minimum absolute atomic E-state index is 0.168. The van der Waals surface area contributed by atoms with Crippen LogP contribution in [-0.2, 0) is 6.42 Å². The molecule has 0 fully saturated rings. The van der Waals surface area contributed by atoms with E-state index in [4.69, 9.17) is 4.52 Å². The van der Waals surface area contributed by atoms with Gasteiger partial charge in [-0.3, -0.25) is 4.79 Å². The molecule has 0 saturated heterocycles. The van der Waals surface area contributed by atoms with E-state index < -0.39 is 0 Å². The lowest BCUT2D eigenvalue weighted by atomic mass is 10.2. The van der Waals surface area contributed by atoms with Crippen molar-refractivity contribution in [1.29, 1.82) is 0 Å². The smallest absolute Gasteiger partial charge is 0.273 e. The molecule has 1 aromatic heterocycles. The Balaban J connectivity index is 2.38. The quantitative estimate of drug-likeness (QED) is 0.779. The van der Waals surface area contributed by atoms with Gasteiger partial charge in [0.25, 0.3) is 5.91 Å². The summed E-state index contributed by atoms with van der Waals surface area (Å²) in [4.78, 5) is 13.7. The molecule has 1 heterocycles. The Kier molecular flexibility index (Phi) is 5.69. The molecule has 5 heteroatoms. The molecule has 0 spiro atoms. The van der Waals surface area contributed by atoms with Crippen LogP contribution in [0.3, 0.4) is 0 Å². The van der Waals surface area contributed by atoms with Gasteiger partial charge in [-0.2, -0.15) is 0 Å². The van der Waals surface area contributed by atoms with Gasteiger partial charge < -0.3 is 14.7 Å². The third kappa shape index (κ3) is 4.99. The standard InChI is InChI=1S/C12H21N3O2/c1-4-5-6-10-9-11(14-17-10)12(16)13-7-8-15(2)3/h9H,4-8H2,1-3H3,(H,13,16). The van der Waals surface area contributed by atoms with E-state index in [0.717, 1.165) is 31.6 Å². The van der Waals surface area contributed by atoms with Gasteiger partial charge in [0, 0.05) is 25.6 Å². The van der Waals surface area contributed by atoms with Gasteiger partial charge in [0.1, 0.15) is 5.76 Å². The van der Waals surface area contributed by atoms with Crippen LogP contribution >= 0.6 is 0 Å². The van der Waals surface area contributed by atoms with E-state index in [-0.39, 0.29) is 5.91 Å². The van der Waals surface area contributed by atoms with Crippen molar-refractivity contribution >= 4 is 5.91 Å². The van der Waals surface area contributed by atoms with Crippen molar-refractivity contribution in [3.8, 4) is 0 Å². The normalized spacial score (nSPS) is 10.8. The first-order valence-corrected chi connectivity index (χ1v) is 6.02. The highest BCUT2D eigenvalue weighted by atomic mass is 16.5. The predicted molar refractivity (Wildman–Crippen MR) is 66.0 cm³/mol. The first-order valence-electron chi connectivity index (χ1n) is 6.02. The van der Waals surface area contributed by atoms with Crippen LogP contribution in [-0.4, -0.2) is 43.1 Å². The number of carbonyl (C=O) groups excluding carboxylic acids is 1. The fourth-order valence-corrected chi connectivity index (χ4v) is 1.37. The largest absolute Gasteiger partial charge is 0.361 e. The van der Waals surface area contributed by atoms with E-state index in [1.807, 2.05) is 19.0 Å². The van der Waals surface area contributed by atoms with Gasteiger partial charge >= 0.3 is 0 Å². The molecule has 0 atom stereocenters. The van der Waals surface area contributed by atoms with Gasteiger partial charge in [0.15, 0.2) is 5.69 Å². The molecule has 1 aromatic rings. The number of aryl methyl sites for hydroxylation is 1. The lowest BCUT2D eigenvalue weighted by Crippen LogP contribution is -2.31. The number of rotatable bonds is 7. The number of likely N-dealkylation sites (N-methyl/N-ethyl adjacent to an activating group) is 1. The molecule has 0 unspecified atom stereocenters. The number of hydrogen-bond acceptors (Lipinski definition) is 4. The van der Waals surface area contributed by atoms with Gasteiger partial charge in [0.2, 0.25) is 0 Å². The van der Waals surface area contributed by atoms with Crippen LogP contribution in [0, 0.1) is 0 Å². The molecule has 0 radical (unpaired) electrons. The zero-order valence-corrected chi connectivity index (χ0v) is 10.8. The Labute approximate surface area is 102 Å². The molecule has 1 N–H and O–H groups in total. The number of nitrogens with zero attached hydrogens (tertiary/aromatic N) is 2. The predicted octanol–water partition coefficient (Wildman–Crippen LogP) is 1.31. The van der Waals surface area contributed by atoms with Gasteiger partial charge in [-0.05, 0) is 20.5 Å². The van der Waals surface area contributed by atoms with E-state index >= 15 is 0 Å². The first kappa shape index (κ1) is 13.7. The molecule has 96 valence electrons. The van der Waals surface area contributed by atoms with Crippen LogP contribution in [0.5, 0.6) is 0 Å². The summed E-state index contributed by atoms with van der Waals surface area (Å²) in [5.41, 5.74) is 0.370. The molecule has 17 heavy (non-hydrogen) atoms. The Hall–Kier alpha value is -1.36. The maximum Gasteiger partial charge on any atom is 0.273 e. The summed E-state index contributed by atoms with van der Waals surface area (Å²) in [6.07, 6.45) is 3.00. The van der Waals surface area contributed by atoms with Crippen LogP contribution in [0.4, 0.5) is 0 Å². The fourth-order valence-electron chi connectivity index (χ4n) is 1.37. The molecular weight excluding hydrogens is 218 g/mol. The van der Waals surface area contributed by atoms with Crippen molar-refractivity contribution in [1.82, 2.24) is 15.4 Å². The van der Waals surface area contributed by atoms with Crippen molar-refractivity contribution in [2.24, 2.45) is 0 Å². The number of nitrogens with one attached hydrogen (secondary N) is 1. The first-order chi connectivity index (χ1) is 8.13. The Bertz CT molecular complexity index is 347. The van der Waals surface area contributed by atoms with E-state index in [2.05, 4.69) is 17.4 Å². The van der Waals surface area contributed by atoms with Crippen molar-refractivity contribution in [3.05, 3.63) is 17.5 Å². The van der Waals surface area contributed by atoms with E-state index in [1.54, 1.807) is 6.07 Å². The van der Waals surface area contributed by atoms with Crippen LogP contribution in [0.1, 0.15) is 36.0 Å². The summed E-state index contributed by atoms with van der Waals surface area (Å²) in [5, 5.41) is 6.56. The zero-order chi connectivity index (χ0) is 12.7. The molecular formula is C12H21N3O2. The second-order valence-corrected chi connectivity index (χ2v) is 4.34. The highest BCUT2D eigenvalue weighted by Crippen LogP contribution is 2.07. The molecule has 5 nitrogen and oxygen atoms in total. The number of amides is 1. The fraction of sp³-hybridized carbons (Fsp3) is 0.667. The maximum atomic E-state index is 11.7. The monoisotopic (exact) mass is 239 g/mol. The molecule has 0 saturated carbocycles. The number of unbranched alkanes of at least 4 members (excludes halogenated alkanes) is 1. The van der Waals surface area contributed by atoms with Crippen LogP contribution < -0.4 is 5.32 Å². The molecule has 0 aliphatic heterocycles. The van der Waals surface area contributed by atoms with E-state index in [9.17, 15) is 4.79 Å². The summed E-state index contributed by atoms with van der Waals surface area (Å²) in [6.45, 7) is 3.54. The minimum Gasteiger partial charge on any atom is -0.361 e. The average Bonchev–Trinajstić information content (AvgIpc) is 2.74. The number of carbonyl (C=O) groups is 1. The lowest BCUT2D eigenvalue weighted by Gasteiger charge is -2.08. The zero-order valence-electron chi connectivity index (χ0n) is 10.8. The highest BCUT2D eigenvalue weighted by Gasteiger charge is 2.11. The summed E-state index contributed by atoms with van der Waals surface area (Å²) in [7, 11) is 3.93. The van der Waals surface area contributed by atoms with E-state index in [1.165, 1.54) is 0 Å². The van der Waals surface area contributed by atoms with Gasteiger partial charge in [-0.1, -0.05) is 18.5 Å². The van der Waals surface area contributed by atoms with E-state index in [0.29, 0.717) is 12.2 Å². The van der Waals surface area contributed by atoms with Gasteiger partial charge in [-0.15, -0.1) is 0 Å². The van der Waals surface area contributed by atoms with Crippen LogP contribution in [0.25, 0.3) is 0 Å². The van der Waals surface area contributed by atoms with Gasteiger partial charge in [-0.25, -0.2) is 0 Å². The minimum atomic E-state index is -0.168. The lowest BCUT2D eigenvalue weighted by molar-refractivity contribution is 0.0942. The summed E-state index contributed by atoms with van der Waals surface area (Å²) in [5.74, 6) is 0.614. The highest BCUT2D eigenvalue weighted by molar-refractivity contribution is 5.92. The average molecular weight is 239 g/mol. The molecule has 0 bridgehead atoms. The van der Waals surface area contributed by atoms with Crippen molar-refractivity contribution in [3.63, 3.8) is 0 Å². The third-order valence-corrected chi connectivity index (χ3v) is 2.41. The Morgan fingerprint density at radius 3 is 2.94 bits per heavy atom. The van der Waals surface area contributed by atoms with Crippen molar-refractivity contribution < 1.29 is 9.32 Å².